The maximum atomic E-state index is 12.4. The van der Waals surface area contributed by atoms with Crippen LogP contribution in [0.25, 0.3) is 0 Å². The Balaban J connectivity index is 2.05. The van der Waals surface area contributed by atoms with Gasteiger partial charge in [-0.05, 0) is 47.1 Å². The van der Waals surface area contributed by atoms with Crippen LogP contribution in [0.1, 0.15) is 38.0 Å². The predicted octanol–water partition coefficient (Wildman–Crippen LogP) is 3.72. The van der Waals surface area contributed by atoms with Crippen molar-refractivity contribution in [2.45, 2.75) is 42.1 Å². The van der Waals surface area contributed by atoms with Crippen LogP contribution >= 0.6 is 11.8 Å². The van der Waals surface area contributed by atoms with E-state index in [4.69, 9.17) is 0 Å². The first kappa shape index (κ1) is 20.0. The van der Waals surface area contributed by atoms with Crippen molar-refractivity contribution in [3.05, 3.63) is 59.7 Å². The van der Waals surface area contributed by atoms with Crippen molar-refractivity contribution < 1.29 is 13.5 Å². The number of nitrogens with one attached hydrogen (secondary N) is 1. The highest BCUT2D eigenvalue weighted by atomic mass is 32.2. The second-order valence-electron chi connectivity index (χ2n) is 6.92. The highest BCUT2D eigenvalue weighted by molar-refractivity contribution is 7.98. The van der Waals surface area contributed by atoms with Gasteiger partial charge < -0.3 is 5.11 Å². The molecule has 0 aliphatic carbocycles. The second-order valence-corrected chi connectivity index (χ2v) is 9.56. The smallest absolute Gasteiger partial charge is 0.240 e. The van der Waals surface area contributed by atoms with E-state index in [0.29, 0.717) is 5.56 Å². The molecular weight excluding hydrogens is 354 g/mol. The number of aliphatic hydroxyl groups excluding tert-OH is 1. The quantitative estimate of drug-likeness (QED) is 0.751. The minimum Gasteiger partial charge on any atom is -0.387 e. The van der Waals surface area contributed by atoms with E-state index >= 15 is 0 Å². The molecule has 0 aliphatic rings. The third-order valence-corrected chi connectivity index (χ3v) is 6.18. The summed E-state index contributed by atoms with van der Waals surface area (Å²) in [6, 6.07) is 14.3. The van der Waals surface area contributed by atoms with Gasteiger partial charge in [-0.15, -0.1) is 11.8 Å². The molecule has 0 saturated heterocycles. The maximum absolute atomic E-state index is 12.4. The summed E-state index contributed by atoms with van der Waals surface area (Å²) in [5, 5.41) is 10.2. The maximum Gasteiger partial charge on any atom is 0.240 e. The van der Waals surface area contributed by atoms with Crippen LogP contribution in [0.5, 0.6) is 0 Å². The van der Waals surface area contributed by atoms with E-state index in [1.54, 1.807) is 23.9 Å². The van der Waals surface area contributed by atoms with Crippen molar-refractivity contribution in [1.29, 1.82) is 0 Å². The highest BCUT2D eigenvalue weighted by Crippen LogP contribution is 2.24. The minimum absolute atomic E-state index is 0.0329. The van der Waals surface area contributed by atoms with E-state index in [-0.39, 0.29) is 16.9 Å². The van der Waals surface area contributed by atoms with Gasteiger partial charge in [0, 0.05) is 11.4 Å². The molecule has 2 aromatic carbocycles. The topological polar surface area (TPSA) is 66.4 Å². The van der Waals surface area contributed by atoms with Crippen LogP contribution in [-0.2, 0) is 15.4 Å². The molecule has 6 heteroatoms. The Morgan fingerprint density at radius 3 is 2.08 bits per heavy atom. The largest absolute Gasteiger partial charge is 0.387 e. The fraction of sp³-hybridized carbons (Fsp3) is 0.368. The number of sulfonamides is 1. The molecule has 25 heavy (non-hydrogen) atoms. The van der Waals surface area contributed by atoms with E-state index in [0.717, 1.165) is 10.5 Å². The summed E-state index contributed by atoms with van der Waals surface area (Å²) in [6.45, 7) is 6.16. The zero-order valence-corrected chi connectivity index (χ0v) is 16.6. The first-order valence-electron chi connectivity index (χ1n) is 8.06. The molecule has 0 radical (unpaired) electrons. The average molecular weight is 380 g/mol. The Morgan fingerprint density at radius 2 is 1.60 bits per heavy atom. The fourth-order valence-electron chi connectivity index (χ4n) is 2.35. The average Bonchev–Trinajstić information content (AvgIpc) is 2.59. The molecule has 0 amide bonds. The van der Waals surface area contributed by atoms with Gasteiger partial charge in [-0.3, -0.25) is 0 Å². The van der Waals surface area contributed by atoms with Crippen LogP contribution in [0.3, 0.4) is 0 Å². The molecule has 2 N–H and O–H groups in total. The SMILES string of the molecule is CSc1ccc([C@@H](O)CNS(=O)(=O)c2ccc(C(C)(C)C)cc2)cc1. The molecule has 2 aromatic rings. The van der Waals surface area contributed by atoms with Crippen LogP contribution in [0.2, 0.25) is 0 Å². The molecule has 0 aliphatic heterocycles. The molecular formula is C19H25NO3S2. The molecule has 0 bridgehead atoms. The Morgan fingerprint density at radius 1 is 1.04 bits per heavy atom. The molecule has 0 unspecified atom stereocenters. The summed E-state index contributed by atoms with van der Waals surface area (Å²) in [5.74, 6) is 0. The Hall–Kier alpha value is -1.34. The van der Waals surface area contributed by atoms with Crippen molar-refractivity contribution >= 4 is 21.8 Å². The first-order chi connectivity index (χ1) is 11.6. The van der Waals surface area contributed by atoms with Crippen molar-refractivity contribution in [3.8, 4) is 0 Å². The second kappa shape index (κ2) is 7.91. The van der Waals surface area contributed by atoms with Crippen molar-refractivity contribution in [2.24, 2.45) is 0 Å². The number of thioether (sulfide) groups is 1. The van der Waals surface area contributed by atoms with Crippen LogP contribution in [0.15, 0.2) is 58.3 Å². The zero-order valence-electron chi connectivity index (χ0n) is 15.0. The van der Waals surface area contributed by atoms with Gasteiger partial charge in [0.2, 0.25) is 10.0 Å². The van der Waals surface area contributed by atoms with Gasteiger partial charge in [0.15, 0.2) is 0 Å². The monoisotopic (exact) mass is 379 g/mol. The Kier molecular flexibility index (Phi) is 6.32. The minimum atomic E-state index is -3.65. The van der Waals surface area contributed by atoms with E-state index < -0.39 is 16.1 Å². The lowest BCUT2D eigenvalue weighted by Crippen LogP contribution is -2.28. The molecule has 2 rings (SSSR count). The van der Waals surface area contributed by atoms with Gasteiger partial charge in [0.25, 0.3) is 0 Å². The Labute approximate surface area is 154 Å². The number of hydrogen-bond donors (Lipinski definition) is 2. The van der Waals surface area contributed by atoms with Gasteiger partial charge in [0.1, 0.15) is 0 Å². The lowest BCUT2D eigenvalue weighted by molar-refractivity contribution is 0.182. The molecule has 0 aromatic heterocycles. The summed E-state index contributed by atoms with van der Waals surface area (Å²) in [4.78, 5) is 1.29. The van der Waals surface area contributed by atoms with Gasteiger partial charge in [-0.25, -0.2) is 13.1 Å². The van der Waals surface area contributed by atoms with Crippen LogP contribution in [-0.4, -0.2) is 26.3 Å². The molecule has 0 fully saturated rings. The molecule has 0 heterocycles. The lowest BCUT2D eigenvalue weighted by atomic mass is 9.87. The fourth-order valence-corrected chi connectivity index (χ4v) is 3.80. The third-order valence-electron chi connectivity index (χ3n) is 4.00. The van der Waals surface area contributed by atoms with Gasteiger partial charge >= 0.3 is 0 Å². The van der Waals surface area contributed by atoms with Crippen molar-refractivity contribution in [3.63, 3.8) is 0 Å². The molecule has 0 spiro atoms. The summed E-state index contributed by atoms with van der Waals surface area (Å²) in [6.07, 6.45) is 1.09. The van der Waals surface area contributed by atoms with Crippen molar-refractivity contribution in [1.82, 2.24) is 4.72 Å². The van der Waals surface area contributed by atoms with E-state index in [9.17, 15) is 13.5 Å². The van der Waals surface area contributed by atoms with Crippen LogP contribution in [0.4, 0.5) is 0 Å². The van der Waals surface area contributed by atoms with Crippen LogP contribution < -0.4 is 4.72 Å². The summed E-state index contributed by atoms with van der Waals surface area (Å²) in [7, 11) is -3.65. The Bertz CT molecular complexity index is 792. The lowest BCUT2D eigenvalue weighted by Gasteiger charge is -2.19. The van der Waals surface area contributed by atoms with Gasteiger partial charge in [-0.1, -0.05) is 45.0 Å². The normalized spacial score (nSPS) is 13.6. The molecule has 1 atom stereocenters. The third kappa shape index (κ3) is 5.31. The van der Waals surface area contributed by atoms with E-state index in [1.165, 1.54) is 0 Å². The number of benzene rings is 2. The van der Waals surface area contributed by atoms with E-state index in [2.05, 4.69) is 25.5 Å². The first-order valence-corrected chi connectivity index (χ1v) is 10.8. The highest BCUT2D eigenvalue weighted by Gasteiger charge is 2.19. The molecule has 0 saturated carbocycles. The van der Waals surface area contributed by atoms with E-state index in [1.807, 2.05) is 42.7 Å². The van der Waals surface area contributed by atoms with Crippen molar-refractivity contribution in [2.75, 3.05) is 12.8 Å². The zero-order chi connectivity index (χ0) is 18.7. The standard InChI is InChI=1S/C19H25NO3S2/c1-19(2,3)15-7-11-17(12-8-15)25(22,23)20-13-18(21)14-5-9-16(24-4)10-6-14/h5-12,18,20-21H,13H2,1-4H3/t18-/m0/s1. The molecule has 136 valence electrons. The number of aliphatic hydroxyl groups is 1. The number of hydrogen-bond acceptors (Lipinski definition) is 4. The van der Waals surface area contributed by atoms with Crippen LogP contribution in [0, 0.1) is 0 Å². The summed E-state index contributed by atoms with van der Waals surface area (Å²) < 4.78 is 27.3. The predicted molar refractivity (Wildman–Crippen MR) is 104 cm³/mol. The van der Waals surface area contributed by atoms with Gasteiger partial charge in [0.05, 0.1) is 11.0 Å². The summed E-state index contributed by atoms with van der Waals surface area (Å²) in [5.41, 5.74) is 1.72. The number of rotatable bonds is 6. The summed E-state index contributed by atoms with van der Waals surface area (Å²) >= 11 is 1.61. The molecule has 4 nitrogen and oxygen atoms in total. The van der Waals surface area contributed by atoms with Gasteiger partial charge in [-0.2, -0.15) is 0 Å².